The van der Waals surface area contributed by atoms with Crippen molar-refractivity contribution in [2.24, 2.45) is 5.73 Å². The zero-order valence-corrected chi connectivity index (χ0v) is 8.91. The highest BCUT2D eigenvalue weighted by Gasteiger charge is 2.40. The number of rotatable bonds is 2. The Morgan fingerprint density at radius 1 is 1.27 bits per heavy atom. The number of carbonyl (C=O) groups is 1. The molecule has 1 amide bonds. The second-order valence-corrected chi connectivity index (χ2v) is 4.03. The maximum atomic E-state index is 11.6. The lowest BCUT2D eigenvalue weighted by Gasteiger charge is -2.37. The zero-order chi connectivity index (χ0) is 10.7. The zero-order valence-electron chi connectivity index (χ0n) is 8.91. The van der Waals surface area contributed by atoms with E-state index in [2.05, 4.69) is 0 Å². The first kappa shape index (κ1) is 10.9. The predicted octanol–water partition coefficient (Wildman–Crippen LogP) is -0.299. The Kier molecular flexibility index (Phi) is 3.23. The minimum atomic E-state index is -0.389. The lowest BCUT2D eigenvalue weighted by Crippen LogP contribution is -2.47. The van der Waals surface area contributed by atoms with Crippen LogP contribution in [0.4, 0.5) is 0 Å². The van der Waals surface area contributed by atoms with Gasteiger partial charge in [-0.05, 0) is 0 Å². The summed E-state index contributed by atoms with van der Waals surface area (Å²) in [4.78, 5) is 13.4. The van der Waals surface area contributed by atoms with Gasteiger partial charge in [0.15, 0.2) is 5.79 Å². The van der Waals surface area contributed by atoms with E-state index >= 15 is 0 Å². The lowest BCUT2D eigenvalue weighted by atomic mass is 10.0. The molecule has 86 valence electrons. The van der Waals surface area contributed by atoms with E-state index < -0.39 is 0 Å². The lowest BCUT2D eigenvalue weighted by molar-refractivity contribution is -0.187. The van der Waals surface area contributed by atoms with E-state index in [9.17, 15) is 4.79 Å². The Morgan fingerprint density at radius 3 is 2.40 bits per heavy atom. The van der Waals surface area contributed by atoms with Crippen LogP contribution in [0.5, 0.6) is 0 Å². The fourth-order valence-electron chi connectivity index (χ4n) is 2.16. The number of hydrogen-bond acceptors (Lipinski definition) is 4. The fraction of sp³-hybridized carbons (Fsp3) is 0.900. The van der Waals surface area contributed by atoms with Crippen molar-refractivity contribution in [2.45, 2.75) is 25.0 Å². The third-order valence-electron chi connectivity index (χ3n) is 3.05. The van der Waals surface area contributed by atoms with Gasteiger partial charge in [0, 0.05) is 38.9 Å². The number of carbonyl (C=O) groups excluding carboxylic acids is 1. The minimum absolute atomic E-state index is 0.144. The molecule has 2 fully saturated rings. The fourth-order valence-corrected chi connectivity index (χ4v) is 2.16. The molecule has 2 rings (SSSR count). The number of nitrogens with two attached hydrogens (primary N) is 1. The van der Waals surface area contributed by atoms with Crippen LogP contribution in [-0.4, -0.2) is 49.4 Å². The molecular weight excluding hydrogens is 196 g/mol. The van der Waals surface area contributed by atoms with Crippen molar-refractivity contribution in [2.75, 3.05) is 32.8 Å². The van der Waals surface area contributed by atoms with Gasteiger partial charge < -0.3 is 20.1 Å². The third-order valence-corrected chi connectivity index (χ3v) is 3.05. The molecule has 0 saturated carbocycles. The molecule has 15 heavy (non-hydrogen) atoms. The number of piperidine rings is 1. The summed E-state index contributed by atoms with van der Waals surface area (Å²) in [5, 5.41) is 0. The molecule has 1 spiro atoms. The molecule has 2 aliphatic rings. The standard InChI is InChI=1S/C10H18N2O3/c11-4-1-9(13)12-5-2-10(3-6-12)14-7-8-15-10/h1-8,11H2. The normalized spacial score (nSPS) is 24.7. The maximum Gasteiger partial charge on any atom is 0.223 e. The molecule has 2 N–H and O–H groups in total. The molecule has 0 aromatic rings. The highest BCUT2D eigenvalue weighted by atomic mass is 16.7. The van der Waals surface area contributed by atoms with E-state index in [1.54, 1.807) is 0 Å². The SMILES string of the molecule is NCCC(=O)N1CCC2(CC1)OCCO2. The average molecular weight is 214 g/mol. The first-order chi connectivity index (χ1) is 7.26. The molecule has 0 aromatic carbocycles. The van der Waals surface area contributed by atoms with Gasteiger partial charge in [0.25, 0.3) is 0 Å². The summed E-state index contributed by atoms with van der Waals surface area (Å²) in [6, 6.07) is 0. The van der Waals surface area contributed by atoms with Crippen molar-refractivity contribution in [1.29, 1.82) is 0 Å². The Balaban J connectivity index is 1.83. The smallest absolute Gasteiger partial charge is 0.223 e. The molecular formula is C10H18N2O3. The van der Waals surface area contributed by atoms with Crippen LogP contribution in [0.3, 0.4) is 0 Å². The number of likely N-dealkylation sites (tertiary alicyclic amines) is 1. The van der Waals surface area contributed by atoms with Gasteiger partial charge in [-0.1, -0.05) is 0 Å². The predicted molar refractivity (Wildman–Crippen MR) is 54.1 cm³/mol. The van der Waals surface area contributed by atoms with Crippen molar-refractivity contribution in [3.05, 3.63) is 0 Å². The molecule has 0 bridgehead atoms. The van der Waals surface area contributed by atoms with Crippen LogP contribution in [0.15, 0.2) is 0 Å². The van der Waals surface area contributed by atoms with Gasteiger partial charge in [-0.15, -0.1) is 0 Å². The van der Waals surface area contributed by atoms with Gasteiger partial charge in [-0.3, -0.25) is 4.79 Å². The van der Waals surface area contributed by atoms with Crippen molar-refractivity contribution in [1.82, 2.24) is 4.90 Å². The van der Waals surface area contributed by atoms with Crippen LogP contribution in [-0.2, 0) is 14.3 Å². The van der Waals surface area contributed by atoms with E-state index in [1.807, 2.05) is 4.90 Å². The molecule has 2 aliphatic heterocycles. The second-order valence-electron chi connectivity index (χ2n) is 4.03. The topological polar surface area (TPSA) is 64.8 Å². The largest absolute Gasteiger partial charge is 0.347 e. The molecule has 0 aliphatic carbocycles. The Labute approximate surface area is 89.5 Å². The summed E-state index contributed by atoms with van der Waals surface area (Å²) in [5.41, 5.74) is 5.35. The van der Waals surface area contributed by atoms with Gasteiger partial charge in [-0.2, -0.15) is 0 Å². The van der Waals surface area contributed by atoms with Gasteiger partial charge in [0.1, 0.15) is 0 Å². The number of ether oxygens (including phenoxy) is 2. The van der Waals surface area contributed by atoms with Crippen molar-refractivity contribution in [3.63, 3.8) is 0 Å². The van der Waals surface area contributed by atoms with Crippen LogP contribution in [0.25, 0.3) is 0 Å². The number of nitrogens with zero attached hydrogens (tertiary/aromatic N) is 1. The summed E-state index contributed by atoms with van der Waals surface area (Å²) in [6.45, 7) is 3.22. The van der Waals surface area contributed by atoms with Crippen molar-refractivity contribution < 1.29 is 14.3 Å². The molecule has 2 saturated heterocycles. The van der Waals surface area contributed by atoms with Gasteiger partial charge >= 0.3 is 0 Å². The van der Waals surface area contributed by atoms with E-state index in [-0.39, 0.29) is 11.7 Å². The molecule has 5 nitrogen and oxygen atoms in total. The summed E-state index contributed by atoms with van der Waals surface area (Å²) >= 11 is 0. The average Bonchev–Trinajstić information content (AvgIpc) is 2.68. The van der Waals surface area contributed by atoms with E-state index in [0.717, 1.165) is 25.9 Å². The van der Waals surface area contributed by atoms with Crippen LogP contribution in [0, 0.1) is 0 Å². The Morgan fingerprint density at radius 2 is 1.87 bits per heavy atom. The molecule has 5 heteroatoms. The number of amides is 1. The number of hydrogen-bond donors (Lipinski definition) is 1. The van der Waals surface area contributed by atoms with Gasteiger partial charge in [0.05, 0.1) is 13.2 Å². The van der Waals surface area contributed by atoms with E-state index in [0.29, 0.717) is 26.2 Å². The molecule has 0 unspecified atom stereocenters. The Hall–Kier alpha value is -0.650. The third kappa shape index (κ3) is 2.30. The van der Waals surface area contributed by atoms with Crippen LogP contribution in [0.2, 0.25) is 0 Å². The van der Waals surface area contributed by atoms with Crippen molar-refractivity contribution >= 4 is 5.91 Å². The summed E-state index contributed by atoms with van der Waals surface area (Å²) in [6.07, 6.45) is 2.00. The minimum Gasteiger partial charge on any atom is -0.347 e. The quantitative estimate of drug-likeness (QED) is 0.685. The molecule has 0 radical (unpaired) electrons. The summed E-state index contributed by atoms with van der Waals surface area (Å²) in [7, 11) is 0. The molecule has 0 atom stereocenters. The first-order valence-corrected chi connectivity index (χ1v) is 5.51. The Bertz CT molecular complexity index is 229. The first-order valence-electron chi connectivity index (χ1n) is 5.51. The van der Waals surface area contributed by atoms with Crippen LogP contribution >= 0.6 is 0 Å². The maximum absolute atomic E-state index is 11.6. The summed E-state index contributed by atoms with van der Waals surface area (Å²) < 4.78 is 11.2. The van der Waals surface area contributed by atoms with Crippen molar-refractivity contribution in [3.8, 4) is 0 Å². The second kappa shape index (κ2) is 4.47. The van der Waals surface area contributed by atoms with Crippen LogP contribution < -0.4 is 5.73 Å². The summed E-state index contributed by atoms with van der Waals surface area (Å²) in [5.74, 6) is -0.246. The van der Waals surface area contributed by atoms with E-state index in [1.165, 1.54) is 0 Å². The van der Waals surface area contributed by atoms with E-state index in [4.69, 9.17) is 15.2 Å². The highest BCUT2D eigenvalue weighted by Crippen LogP contribution is 2.31. The van der Waals surface area contributed by atoms with Crippen LogP contribution in [0.1, 0.15) is 19.3 Å². The molecule has 2 heterocycles. The highest BCUT2D eigenvalue weighted by molar-refractivity contribution is 5.76. The van der Waals surface area contributed by atoms with Gasteiger partial charge in [0.2, 0.25) is 5.91 Å². The van der Waals surface area contributed by atoms with Gasteiger partial charge in [-0.25, -0.2) is 0 Å². The monoisotopic (exact) mass is 214 g/mol. The molecule has 0 aromatic heterocycles.